The molecule has 3 rings (SSSR count). The zero-order chi connectivity index (χ0) is 22.9. The first-order valence-electron chi connectivity index (χ1n) is 10.6. The third-order valence-corrected chi connectivity index (χ3v) is 4.98. The Bertz CT molecular complexity index is 1080. The van der Waals surface area contributed by atoms with Crippen LogP contribution in [-0.4, -0.2) is 29.8 Å². The van der Waals surface area contributed by atoms with Crippen LogP contribution in [0.25, 0.3) is 11.8 Å². The van der Waals surface area contributed by atoms with Crippen molar-refractivity contribution in [1.82, 2.24) is 9.88 Å². The van der Waals surface area contributed by atoms with Gasteiger partial charge in [0.05, 0.1) is 12.2 Å². The van der Waals surface area contributed by atoms with E-state index in [9.17, 15) is 9.59 Å². The molecule has 166 valence electrons. The molecule has 0 bridgehead atoms. The van der Waals surface area contributed by atoms with Crippen molar-refractivity contribution in [3.63, 3.8) is 0 Å². The van der Waals surface area contributed by atoms with E-state index >= 15 is 0 Å². The van der Waals surface area contributed by atoms with Gasteiger partial charge in [-0.2, -0.15) is 0 Å². The van der Waals surface area contributed by atoms with Crippen molar-refractivity contribution in [2.45, 2.75) is 27.4 Å². The minimum atomic E-state index is -0.453. The van der Waals surface area contributed by atoms with Crippen LogP contribution in [0.3, 0.4) is 0 Å². The molecule has 0 fully saturated rings. The predicted molar refractivity (Wildman–Crippen MR) is 125 cm³/mol. The summed E-state index contributed by atoms with van der Waals surface area (Å²) < 4.78 is 12.4. The maximum Gasteiger partial charge on any atom is 0.407 e. The molecule has 2 aromatic carbocycles. The molecule has 6 heteroatoms. The van der Waals surface area contributed by atoms with Crippen molar-refractivity contribution in [2.24, 2.45) is 0 Å². The number of carbonyl (C=O) groups excluding carboxylic acids is 2. The Kier molecular flexibility index (Phi) is 7.86. The Hall–Kier alpha value is -3.80. The molecular weight excluding hydrogens is 404 g/mol. The summed E-state index contributed by atoms with van der Waals surface area (Å²) in [6.07, 6.45) is 3.41. The molecule has 1 heterocycles. The highest BCUT2D eigenvalue weighted by atomic mass is 16.5. The van der Waals surface area contributed by atoms with Crippen LogP contribution in [0.2, 0.25) is 0 Å². The molecule has 0 atom stereocenters. The topological polar surface area (TPSA) is 69.6 Å². The quantitative estimate of drug-likeness (QED) is 0.496. The summed E-state index contributed by atoms with van der Waals surface area (Å²) in [6, 6.07) is 19.0. The van der Waals surface area contributed by atoms with Gasteiger partial charge in [-0.25, -0.2) is 9.59 Å². The summed E-state index contributed by atoms with van der Waals surface area (Å²) in [4.78, 5) is 23.7. The van der Waals surface area contributed by atoms with E-state index in [1.165, 1.54) is 0 Å². The highest BCUT2D eigenvalue weighted by molar-refractivity contribution is 5.89. The summed E-state index contributed by atoms with van der Waals surface area (Å²) in [5, 5.41) is 2.72. The summed E-state index contributed by atoms with van der Waals surface area (Å²) in [7, 11) is 0. The smallest absolute Gasteiger partial charge is 0.407 e. The molecule has 0 spiro atoms. The molecule has 32 heavy (non-hydrogen) atoms. The number of aryl methyl sites for hydroxylation is 1. The van der Waals surface area contributed by atoms with Crippen molar-refractivity contribution >= 4 is 18.1 Å². The normalized spacial score (nSPS) is 10.8. The van der Waals surface area contributed by atoms with Gasteiger partial charge in [-0.3, -0.25) is 0 Å². The number of aromatic nitrogens is 1. The number of carbonyl (C=O) groups is 2. The number of hydrogen-bond acceptors (Lipinski definition) is 4. The molecule has 1 N–H and O–H groups in total. The molecule has 0 unspecified atom stereocenters. The molecule has 0 saturated heterocycles. The van der Waals surface area contributed by atoms with Crippen molar-refractivity contribution < 1.29 is 19.1 Å². The van der Waals surface area contributed by atoms with Gasteiger partial charge < -0.3 is 19.4 Å². The Morgan fingerprint density at radius 3 is 2.41 bits per heavy atom. The van der Waals surface area contributed by atoms with Crippen LogP contribution >= 0.6 is 0 Å². The van der Waals surface area contributed by atoms with Crippen molar-refractivity contribution in [1.29, 1.82) is 0 Å². The Morgan fingerprint density at radius 1 is 1.00 bits per heavy atom. The van der Waals surface area contributed by atoms with E-state index in [-0.39, 0.29) is 12.6 Å². The Balaban J connectivity index is 1.58. The SMILES string of the molecule is CCOC(=O)c1ccc(-n2c(C)cc(C=CCNC(=O)OCc3ccccc3)c2C)cc1. The second-order valence-electron chi connectivity index (χ2n) is 7.27. The fourth-order valence-electron chi connectivity index (χ4n) is 3.42. The van der Waals surface area contributed by atoms with Gasteiger partial charge >= 0.3 is 12.1 Å². The van der Waals surface area contributed by atoms with Gasteiger partial charge in [-0.1, -0.05) is 42.5 Å². The van der Waals surface area contributed by atoms with Crippen LogP contribution in [0.1, 0.15) is 39.8 Å². The van der Waals surface area contributed by atoms with Gasteiger partial charge in [-0.15, -0.1) is 0 Å². The molecule has 0 radical (unpaired) electrons. The van der Waals surface area contributed by atoms with Crippen LogP contribution in [0, 0.1) is 13.8 Å². The second kappa shape index (κ2) is 11.0. The molecular formula is C26H28N2O4. The highest BCUT2D eigenvalue weighted by Gasteiger charge is 2.11. The molecule has 0 aliphatic heterocycles. The van der Waals surface area contributed by atoms with E-state index < -0.39 is 6.09 Å². The minimum absolute atomic E-state index is 0.243. The van der Waals surface area contributed by atoms with Crippen LogP contribution < -0.4 is 5.32 Å². The lowest BCUT2D eigenvalue weighted by atomic mass is 10.2. The summed E-state index contributed by atoms with van der Waals surface area (Å²) in [5.74, 6) is -0.321. The molecule has 1 aromatic heterocycles. The molecule has 3 aromatic rings. The van der Waals surface area contributed by atoms with Crippen molar-refractivity contribution in [3.05, 3.63) is 94.8 Å². The monoisotopic (exact) mass is 432 g/mol. The third-order valence-electron chi connectivity index (χ3n) is 4.98. The Morgan fingerprint density at radius 2 is 1.72 bits per heavy atom. The van der Waals surface area contributed by atoms with Crippen LogP contribution in [0.15, 0.2) is 66.7 Å². The summed E-state index contributed by atoms with van der Waals surface area (Å²) in [6.45, 7) is 6.82. The van der Waals surface area contributed by atoms with Gasteiger partial charge in [0.1, 0.15) is 6.61 Å². The molecule has 0 aliphatic carbocycles. The number of alkyl carbamates (subject to hydrolysis) is 1. The van der Waals surface area contributed by atoms with Gasteiger partial charge in [0.25, 0.3) is 0 Å². The van der Waals surface area contributed by atoms with E-state index in [0.717, 1.165) is 28.2 Å². The lowest BCUT2D eigenvalue weighted by Gasteiger charge is -2.10. The van der Waals surface area contributed by atoms with Gasteiger partial charge in [0.2, 0.25) is 0 Å². The van der Waals surface area contributed by atoms with E-state index in [2.05, 4.69) is 16.0 Å². The fraction of sp³-hybridized carbons (Fsp3) is 0.231. The largest absolute Gasteiger partial charge is 0.462 e. The standard InChI is InChI=1S/C26H28N2O4/c1-4-31-25(29)22-12-14-24(15-13-22)28-19(2)17-23(20(28)3)11-8-16-27-26(30)32-18-21-9-6-5-7-10-21/h5-15,17H,4,16,18H2,1-3H3,(H,27,30). The molecule has 1 amide bonds. The maximum atomic E-state index is 11.9. The van der Waals surface area contributed by atoms with Crippen LogP contribution in [0.5, 0.6) is 0 Å². The predicted octanol–water partition coefficient (Wildman–Crippen LogP) is 5.21. The maximum absolute atomic E-state index is 11.9. The second-order valence-corrected chi connectivity index (χ2v) is 7.27. The number of nitrogens with one attached hydrogen (secondary N) is 1. The molecule has 0 aliphatic rings. The lowest BCUT2D eigenvalue weighted by Crippen LogP contribution is -2.24. The average molecular weight is 433 g/mol. The van der Waals surface area contributed by atoms with Crippen molar-refractivity contribution in [2.75, 3.05) is 13.2 Å². The number of rotatable bonds is 8. The number of esters is 1. The zero-order valence-corrected chi connectivity index (χ0v) is 18.6. The fourth-order valence-corrected chi connectivity index (χ4v) is 3.42. The average Bonchev–Trinajstić information content (AvgIpc) is 3.09. The van der Waals surface area contributed by atoms with E-state index in [0.29, 0.717) is 18.7 Å². The third kappa shape index (κ3) is 5.88. The van der Waals surface area contributed by atoms with Gasteiger partial charge in [0, 0.05) is 23.6 Å². The highest BCUT2D eigenvalue weighted by Crippen LogP contribution is 2.22. The summed E-state index contributed by atoms with van der Waals surface area (Å²) in [5.41, 5.74) is 5.63. The number of nitrogens with zero attached hydrogens (tertiary/aromatic N) is 1. The number of hydrogen-bond donors (Lipinski definition) is 1. The first-order chi connectivity index (χ1) is 15.5. The number of benzene rings is 2. The summed E-state index contributed by atoms with van der Waals surface area (Å²) >= 11 is 0. The first kappa shape index (κ1) is 22.9. The van der Waals surface area contributed by atoms with Gasteiger partial charge in [-0.05, 0) is 62.2 Å². The first-order valence-corrected chi connectivity index (χ1v) is 10.6. The van der Waals surface area contributed by atoms with E-state index in [1.54, 1.807) is 19.1 Å². The Labute approximate surface area is 188 Å². The van der Waals surface area contributed by atoms with Crippen LogP contribution in [-0.2, 0) is 16.1 Å². The van der Waals surface area contributed by atoms with Crippen molar-refractivity contribution in [3.8, 4) is 5.69 Å². The lowest BCUT2D eigenvalue weighted by molar-refractivity contribution is 0.0526. The number of ether oxygens (including phenoxy) is 2. The molecule has 6 nitrogen and oxygen atoms in total. The number of amides is 1. The van der Waals surface area contributed by atoms with Gasteiger partial charge in [0.15, 0.2) is 0 Å². The van der Waals surface area contributed by atoms with E-state index in [1.807, 2.05) is 68.5 Å². The van der Waals surface area contributed by atoms with E-state index in [4.69, 9.17) is 9.47 Å². The minimum Gasteiger partial charge on any atom is -0.462 e. The zero-order valence-electron chi connectivity index (χ0n) is 18.6. The molecule has 0 saturated carbocycles. The van der Waals surface area contributed by atoms with Crippen LogP contribution in [0.4, 0.5) is 4.79 Å².